The van der Waals surface area contributed by atoms with E-state index in [1.807, 2.05) is 5.32 Å². The predicted molar refractivity (Wildman–Crippen MR) is 140 cm³/mol. The second-order valence-electron chi connectivity index (χ2n) is 10.6. The number of alkyl halides is 3. The van der Waals surface area contributed by atoms with Gasteiger partial charge in [-0.3, -0.25) is 15.1 Å². The maximum absolute atomic E-state index is 13.5. The van der Waals surface area contributed by atoms with Gasteiger partial charge in [0.1, 0.15) is 11.4 Å². The Morgan fingerprint density at radius 2 is 1.72 bits per heavy atom. The van der Waals surface area contributed by atoms with Gasteiger partial charge in [-0.05, 0) is 49.8 Å². The summed E-state index contributed by atoms with van der Waals surface area (Å²) >= 11 is 0. The first kappa shape index (κ1) is 29.3. The van der Waals surface area contributed by atoms with Crippen molar-refractivity contribution in [3.63, 3.8) is 0 Å². The largest absolute Gasteiger partial charge is 0.465 e. The van der Waals surface area contributed by atoms with Crippen molar-refractivity contribution in [2.75, 3.05) is 24.2 Å². The van der Waals surface area contributed by atoms with Gasteiger partial charge < -0.3 is 10.4 Å². The maximum atomic E-state index is 13.5. The van der Waals surface area contributed by atoms with Crippen LogP contribution in [0.1, 0.15) is 75.3 Å². The fourth-order valence-corrected chi connectivity index (χ4v) is 6.69. The highest BCUT2D eigenvalue weighted by Crippen LogP contribution is 2.36. The molecule has 2 aliphatic carbocycles. The number of nitrogens with zero attached hydrogens (tertiary/aromatic N) is 2. The van der Waals surface area contributed by atoms with Gasteiger partial charge in [0.05, 0.1) is 11.3 Å². The van der Waals surface area contributed by atoms with Crippen LogP contribution in [0, 0.1) is 5.92 Å². The molecular weight excluding hydrogens is 537 g/mol. The molecule has 1 spiro atoms. The van der Waals surface area contributed by atoms with E-state index < -0.39 is 45.6 Å². The molecule has 2 amide bonds. The summed E-state index contributed by atoms with van der Waals surface area (Å²) in [6.07, 6.45) is 3.56. The molecule has 5 rings (SSSR count). The molecule has 9 nitrogen and oxygen atoms in total. The van der Waals surface area contributed by atoms with Gasteiger partial charge in [0, 0.05) is 24.7 Å². The van der Waals surface area contributed by atoms with Crippen LogP contribution in [0.2, 0.25) is 0 Å². The smallest absolute Gasteiger partial charge is 0.416 e. The molecule has 1 saturated heterocycles. The summed E-state index contributed by atoms with van der Waals surface area (Å²) < 4.78 is 67.7. The second kappa shape index (κ2) is 11.8. The quantitative estimate of drug-likeness (QED) is 0.452. The van der Waals surface area contributed by atoms with Crippen molar-refractivity contribution >= 4 is 33.5 Å². The topological polar surface area (TPSA) is 128 Å². The predicted octanol–water partition coefficient (Wildman–Crippen LogP) is 4.78. The Labute approximate surface area is 226 Å². The van der Waals surface area contributed by atoms with E-state index in [1.54, 1.807) is 0 Å². The van der Waals surface area contributed by atoms with Crippen molar-refractivity contribution < 1.29 is 36.3 Å². The monoisotopic (exact) mass is 572 g/mol. The number of carboxylic acid groups (broad SMARTS) is 1. The molecule has 39 heavy (non-hydrogen) atoms. The number of amides is 2. The molecule has 2 aliphatic heterocycles. The summed E-state index contributed by atoms with van der Waals surface area (Å²) in [7, 11) is -3.89. The molecule has 2 saturated carbocycles. The van der Waals surface area contributed by atoms with Gasteiger partial charge in [-0.25, -0.2) is 17.5 Å². The lowest BCUT2D eigenvalue weighted by molar-refractivity contribution is -0.138. The van der Waals surface area contributed by atoms with Crippen LogP contribution in [0.3, 0.4) is 0 Å². The van der Waals surface area contributed by atoms with Crippen LogP contribution in [0.25, 0.3) is 0 Å². The third kappa shape index (κ3) is 7.50. The molecule has 0 bridgehead atoms. The summed E-state index contributed by atoms with van der Waals surface area (Å²) in [6, 6.07) is 2.90. The maximum Gasteiger partial charge on any atom is 0.416 e. The molecule has 1 aromatic carbocycles. The molecule has 0 aromatic heterocycles. The van der Waals surface area contributed by atoms with Crippen molar-refractivity contribution in [2.24, 2.45) is 10.9 Å². The van der Waals surface area contributed by atoms with Gasteiger partial charge in [0.2, 0.25) is 10.0 Å². The molecule has 3 fully saturated rings. The summed E-state index contributed by atoms with van der Waals surface area (Å²) in [5.74, 6) is 0.183. The van der Waals surface area contributed by atoms with E-state index in [0.29, 0.717) is 11.9 Å². The number of sulfonamides is 1. The van der Waals surface area contributed by atoms with Crippen LogP contribution in [-0.2, 0) is 27.4 Å². The van der Waals surface area contributed by atoms with E-state index in [9.17, 15) is 31.2 Å². The number of amidine groups is 1. The lowest BCUT2D eigenvalue weighted by Gasteiger charge is -2.34. The van der Waals surface area contributed by atoms with Crippen LogP contribution in [0.4, 0.5) is 23.7 Å². The SMILES string of the molecule is C1CC1.O=C(O)Nc1ccc(CCS(=O)(=O)N2CCC3(CC2)N=C(C2CCCCC2)NC3=O)c(C(F)(F)F)c1. The number of rotatable bonds is 6. The number of aliphatic imine (C=N–C) groups is 1. The molecular formula is C26H35F3N4O5S. The number of hydrogen-bond acceptors (Lipinski definition) is 5. The van der Waals surface area contributed by atoms with Crippen molar-refractivity contribution in [3.8, 4) is 0 Å². The first-order chi connectivity index (χ1) is 18.4. The van der Waals surface area contributed by atoms with Crippen LogP contribution < -0.4 is 10.6 Å². The molecule has 216 valence electrons. The fraction of sp³-hybridized carbons (Fsp3) is 0.654. The van der Waals surface area contributed by atoms with Crippen LogP contribution >= 0.6 is 0 Å². The van der Waals surface area contributed by atoms with Crippen molar-refractivity contribution in [1.29, 1.82) is 0 Å². The van der Waals surface area contributed by atoms with Crippen molar-refractivity contribution in [1.82, 2.24) is 9.62 Å². The number of aryl methyl sites for hydroxylation is 1. The van der Waals surface area contributed by atoms with Crippen LogP contribution in [0.5, 0.6) is 0 Å². The number of piperidine rings is 1. The highest BCUT2D eigenvalue weighted by molar-refractivity contribution is 7.89. The first-order valence-corrected chi connectivity index (χ1v) is 15.1. The first-order valence-electron chi connectivity index (χ1n) is 13.5. The minimum absolute atomic E-state index is 0.0603. The van der Waals surface area contributed by atoms with Gasteiger partial charge in [-0.2, -0.15) is 13.2 Å². The summed E-state index contributed by atoms with van der Waals surface area (Å²) in [6.45, 7) is 0.121. The van der Waals surface area contributed by atoms with Crippen molar-refractivity contribution in [2.45, 2.75) is 82.3 Å². The van der Waals surface area contributed by atoms with Gasteiger partial charge >= 0.3 is 12.3 Å². The van der Waals surface area contributed by atoms with E-state index >= 15 is 0 Å². The summed E-state index contributed by atoms with van der Waals surface area (Å²) in [5, 5.41) is 13.5. The molecule has 1 aromatic rings. The number of nitrogens with one attached hydrogen (secondary N) is 2. The molecule has 2 heterocycles. The highest BCUT2D eigenvalue weighted by atomic mass is 32.2. The number of hydrogen-bond donors (Lipinski definition) is 3. The zero-order chi connectivity index (χ0) is 28.3. The zero-order valence-corrected chi connectivity index (χ0v) is 22.5. The Morgan fingerprint density at radius 3 is 2.28 bits per heavy atom. The normalized spacial score (nSPS) is 21.5. The zero-order valence-electron chi connectivity index (χ0n) is 21.7. The lowest BCUT2D eigenvalue weighted by atomic mass is 9.88. The molecule has 0 unspecified atom stereocenters. The van der Waals surface area contributed by atoms with Gasteiger partial charge in [0.15, 0.2) is 0 Å². The van der Waals surface area contributed by atoms with Crippen LogP contribution in [-0.4, -0.2) is 60.0 Å². The fourth-order valence-electron chi connectivity index (χ4n) is 5.21. The molecule has 0 radical (unpaired) electrons. The Hall–Kier alpha value is -2.67. The number of benzene rings is 1. The second-order valence-corrected chi connectivity index (χ2v) is 12.7. The highest BCUT2D eigenvalue weighted by Gasteiger charge is 2.48. The van der Waals surface area contributed by atoms with E-state index in [2.05, 4.69) is 5.32 Å². The Kier molecular flexibility index (Phi) is 8.89. The van der Waals surface area contributed by atoms with E-state index in [-0.39, 0.29) is 49.0 Å². The third-order valence-corrected chi connectivity index (χ3v) is 9.45. The average molecular weight is 573 g/mol. The Balaban J connectivity index is 0.00000110. The van der Waals surface area contributed by atoms with Crippen molar-refractivity contribution in [3.05, 3.63) is 29.3 Å². The summed E-state index contributed by atoms with van der Waals surface area (Å²) in [5.41, 5.74) is -2.57. The molecule has 0 atom stereocenters. The van der Waals surface area contributed by atoms with E-state index in [0.717, 1.165) is 37.8 Å². The van der Waals surface area contributed by atoms with Gasteiger partial charge in [-0.1, -0.05) is 44.6 Å². The van der Waals surface area contributed by atoms with E-state index in [1.165, 1.54) is 30.0 Å². The average Bonchev–Trinajstić information content (AvgIpc) is 3.74. The number of carbonyl (C=O) groups excluding carboxylic acids is 1. The van der Waals surface area contributed by atoms with Gasteiger partial charge in [0.25, 0.3) is 5.91 Å². The van der Waals surface area contributed by atoms with E-state index in [4.69, 9.17) is 10.1 Å². The number of halogens is 3. The Bertz CT molecular complexity index is 1200. The minimum atomic E-state index is -4.78. The Morgan fingerprint density at radius 1 is 1.10 bits per heavy atom. The summed E-state index contributed by atoms with van der Waals surface area (Å²) in [4.78, 5) is 28.2. The molecule has 13 heteroatoms. The number of anilines is 1. The molecule has 3 N–H and O–H groups in total. The minimum Gasteiger partial charge on any atom is -0.465 e. The molecule has 4 aliphatic rings. The number of carbonyl (C=O) groups is 2. The third-order valence-electron chi connectivity index (χ3n) is 7.58. The lowest BCUT2D eigenvalue weighted by Crippen LogP contribution is -2.51. The standard InChI is InChI=1S/C23H29F3N4O5S.C3H6/c24-23(25,26)18-14-17(27-21(32)33)7-6-15(18)8-13-36(34,35)30-11-9-22(10-12-30)20(31)28-19(29-22)16-4-2-1-3-5-16;1-2-3-1/h6-7,14,16,27H,1-5,8-13H2,(H,32,33)(H,28,29,31);1-3H2. The van der Waals surface area contributed by atoms with Crippen LogP contribution in [0.15, 0.2) is 23.2 Å². The van der Waals surface area contributed by atoms with Gasteiger partial charge in [-0.15, -0.1) is 0 Å².